The predicted octanol–water partition coefficient (Wildman–Crippen LogP) is 1.72. The highest BCUT2D eigenvalue weighted by Crippen LogP contribution is 2.21. The van der Waals surface area contributed by atoms with Crippen LogP contribution < -0.4 is 0 Å². The topological polar surface area (TPSA) is 15.6 Å². The molecule has 1 unspecified atom stereocenters. The maximum atomic E-state index is 4.41. The van der Waals surface area contributed by atoms with Gasteiger partial charge < -0.3 is 5.01 Å². The van der Waals surface area contributed by atoms with Crippen LogP contribution in [0.15, 0.2) is 5.10 Å². The van der Waals surface area contributed by atoms with Gasteiger partial charge in [0.2, 0.25) is 0 Å². The maximum Gasteiger partial charge on any atom is 0.0408 e. The zero-order chi connectivity index (χ0) is 7.56. The molecular formula is C8H16N2. The van der Waals surface area contributed by atoms with Gasteiger partial charge in [0.05, 0.1) is 0 Å². The number of hydrazone groups is 1. The van der Waals surface area contributed by atoms with Gasteiger partial charge in [-0.1, -0.05) is 6.92 Å². The van der Waals surface area contributed by atoms with E-state index in [0.717, 1.165) is 5.92 Å². The molecule has 0 aromatic carbocycles. The molecule has 0 bridgehead atoms. The molecule has 1 fully saturated rings. The van der Waals surface area contributed by atoms with Crippen molar-refractivity contribution < 1.29 is 0 Å². The molecule has 0 radical (unpaired) electrons. The number of hydrogen-bond donors (Lipinski definition) is 0. The molecule has 0 saturated heterocycles. The fraction of sp³-hybridized carbons (Fsp3) is 0.875. The van der Waals surface area contributed by atoms with E-state index in [2.05, 4.69) is 12.0 Å². The zero-order valence-corrected chi connectivity index (χ0v) is 7.09. The third-order valence-electron chi connectivity index (χ3n) is 1.97. The standard InChI is InChI=1S/C8H16N2/c1-7-5-4-6-8(7)9-10(2)3/h7H,4-6H2,1-3H3/b9-8+. The van der Waals surface area contributed by atoms with Crippen molar-refractivity contribution >= 4 is 5.71 Å². The van der Waals surface area contributed by atoms with E-state index in [1.807, 2.05) is 19.1 Å². The van der Waals surface area contributed by atoms with Crippen LogP contribution >= 0.6 is 0 Å². The van der Waals surface area contributed by atoms with Crippen LogP contribution in [0.2, 0.25) is 0 Å². The van der Waals surface area contributed by atoms with Crippen LogP contribution in [0.25, 0.3) is 0 Å². The molecule has 1 rings (SSSR count). The first kappa shape index (κ1) is 7.58. The van der Waals surface area contributed by atoms with E-state index in [1.54, 1.807) is 0 Å². The number of hydrogen-bond acceptors (Lipinski definition) is 2. The Morgan fingerprint density at radius 1 is 1.50 bits per heavy atom. The molecule has 2 heteroatoms. The minimum Gasteiger partial charge on any atom is -0.303 e. The van der Waals surface area contributed by atoms with Crippen molar-refractivity contribution in [1.82, 2.24) is 5.01 Å². The molecule has 0 aromatic rings. The first-order valence-corrected chi connectivity index (χ1v) is 3.95. The molecule has 0 N–H and O–H groups in total. The summed E-state index contributed by atoms with van der Waals surface area (Å²) < 4.78 is 0. The van der Waals surface area contributed by atoms with Gasteiger partial charge in [-0.3, -0.25) is 0 Å². The lowest BCUT2D eigenvalue weighted by molar-refractivity contribution is 0.433. The van der Waals surface area contributed by atoms with Gasteiger partial charge in [0.25, 0.3) is 0 Å². The Morgan fingerprint density at radius 2 is 2.20 bits per heavy atom. The summed E-state index contributed by atoms with van der Waals surface area (Å²) in [6, 6.07) is 0. The summed E-state index contributed by atoms with van der Waals surface area (Å²) in [6.45, 7) is 2.26. The van der Waals surface area contributed by atoms with Gasteiger partial charge in [0, 0.05) is 19.8 Å². The Hall–Kier alpha value is -0.530. The van der Waals surface area contributed by atoms with Crippen molar-refractivity contribution in [3.63, 3.8) is 0 Å². The number of nitrogens with zero attached hydrogens (tertiary/aromatic N) is 2. The molecule has 10 heavy (non-hydrogen) atoms. The lowest BCUT2D eigenvalue weighted by Crippen LogP contribution is -2.10. The van der Waals surface area contributed by atoms with E-state index in [-0.39, 0.29) is 0 Å². The minimum absolute atomic E-state index is 0.724. The van der Waals surface area contributed by atoms with Gasteiger partial charge in [0.15, 0.2) is 0 Å². The molecule has 1 aliphatic rings. The van der Waals surface area contributed by atoms with Crippen molar-refractivity contribution in [2.75, 3.05) is 14.1 Å². The summed E-state index contributed by atoms with van der Waals surface area (Å²) in [6.07, 6.45) is 3.86. The molecule has 58 valence electrons. The van der Waals surface area contributed by atoms with Gasteiger partial charge >= 0.3 is 0 Å². The second-order valence-electron chi connectivity index (χ2n) is 3.23. The van der Waals surface area contributed by atoms with Crippen LogP contribution in [0, 0.1) is 5.92 Å². The molecule has 0 aliphatic heterocycles. The van der Waals surface area contributed by atoms with Crippen LogP contribution in [0.5, 0.6) is 0 Å². The van der Waals surface area contributed by atoms with Crippen LogP contribution in [0.1, 0.15) is 26.2 Å². The summed E-state index contributed by atoms with van der Waals surface area (Å²) in [4.78, 5) is 0. The second-order valence-corrected chi connectivity index (χ2v) is 3.23. The van der Waals surface area contributed by atoms with Crippen LogP contribution in [0.3, 0.4) is 0 Å². The molecule has 1 aliphatic carbocycles. The predicted molar refractivity (Wildman–Crippen MR) is 44.1 cm³/mol. The van der Waals surface area contributed by atoms with E-state index in [9.17, 15) is 0 Å². The van der Waals surface area contributed by atoms with Gasteiger partial charge in [0.1, 0.15) is 0 Å². The molecule has 1 saturated carbocycles. The number of rotatable bonds is 1. The quantitative estimate of drug-likeness (QED) is 0.506. The second kappa shape index (κ2) is 3.04. The largest absolute Gasteiger partial charge is 0.303 e. The highest BCUT2D eigenvalue weighted by molar-refractivity contribution is 5.87. The minimum atomic E-state index is 0.724. The molecule has 0 heterocycles. The summed E-state index contributed by atoms with van der Waals surface area (Å²) in [5, 5.41) is 6.31. The summed E-state index contributed by atoms with van der Waals surface area (Å²) in [7, 11) is 3.97. The lowest BCUT2D eigenvalue weighted by Gasteiger charge is -2.08. The van der Waals surface area contributed by atoms with E-state index < -0.39 is 0 Å². The zero-order valence-electron chi connectivity index (χ0n) is 7.09. The Bertz CT molecular complexity index is 138. The SMILES string of the molecule is CC1CCC/C1=N\N(C)C. The first-order valence-electron chi connectivity index (χ1n) is 3.95. The normalized spacial score (nSPS) is 29.5. The van der Waals surface area contributed by atoms with Crippen LogP contribution in [-0.2, 0) is 0 Å². The third-order valence-corrected chi connectivity index (χ3v) is 1.97. The molecule has 1 atom stereocenters. The van der Waals surface area contributed by atoms with E-state index in [0.29, 0.717) is 0 Å². The average Bonchev–Trinajstić information content (AvgIpc) is 2.15. The Morgan fingerprint density at radius 3 is 2.60 bits per heavy atom. The average molecular weight is 140 g/mol. The molecule has 2 nitrogen and oxygen atoms in total. The van der Waals surface area contributed by atoms with Crippen molar-refractivity contribution in [3.05, 3.63) is 0 Å². The fourth-order valence-corrected chi connectivity index (χ4v) is 1.41. The van der Waals surface area contributed by atoms with Crippen molar-refractivity contribution in [2.45, 2.75) is 26.2 Å². The van der Waals surface area contributed by atoms with E-state index in [1.165, 1.54) is 25.0 Å². The van der Waals surface area contributed by atoms with Gasteiger partial charge in [-0.25, -0.2) is 0 Å². The van der Waals surface area contributed by atoms with Gasteiger partial charge in [-0.2, -0.15) is 5.10 Å². The maximum absolute atomic E-state index is 4.41. The lowest BCUT2D eigenvalue weighted by atomic mass is 10.1. The summed E-state index contributed by atoms with van der Waals surface area (Å²) in [5.41, 5.74) is 1.38. The highest BCUT2D eigenvalue weighted by atomic mass is 15.4. The van der Waals surface area contributed by atoms with E-state index in [4.69, 9.17) is 0 Å². The van der Waals surface area contributed by atoms with Gasteiger partial charge in [-0.15, -0.1) is 0 Å². The summed E-state index contributed by atoms with van der Waals surface area (Å²) >= 11 is 0. The van der Waals surface area contributed by atoms with Crippen molar-refractivity contribution in [3.8, 4) is 0 Å². The van der Waals surface area contributed by atoms with Crippen LogP contribution in [-0.4, -0.2) is 24.8 Å². The fourth-order valence-electron chi connectivity index (χ4n) is 1.41. The first-order chi connectivity index (χ1) is 4.70. The Balaban J connectivity index is 2.54. The highest BCUT2D eigenvalue weighted by Gasteiger charge is 2.17. The monoisotopic (exact) mass is 140 g/mol. The molecule has 0 amide bonds. The molecular weight excluding hydrogens is 124 g/mol. The van der Waals surface area contributed by atoms with Crippen molar-refractivity contribution in [1.29, 1.82) is 0 Å². The molecule has 0 spiro atoms. The van der Waals surface area contributed by atoms with Crippen molar-refractivity contribution in [2.24, 2.45) is 11.0 Å². The Kier molecular flexibility index (Phi) is 2.30. The third kappa shape index (κ3) is 1.72. The van der Waals surface area contributed by atoms with Gasteiger partial charge in [-0.05, 0) is 25.2 Å². The van der Waals surface area contributed by atoms with E-state index >= 15 is 0 Å². The van der Waals surface area contributed by atoms with Crippen LogP contribution in [0.4, 0.5) is 0 Å². The Labute approximate surface area is 62.9 Å². The smallest absolute Gasteiger partial charge is 0.0408 e. The summed E-state index contributed by atoms with van der Waals surface area (Å²) in [5.74, 6) is 0.724. The molecule has 0 aromatic heterocycles.